The molecule has 0 radical (unpaired) electrons. The van der Waals surface area contributed by atoms with Gasteiger partial charge in [0.1, 0.15) is 11.1 Å². The van der Waals surface area contributed by atoms with E-state index in [9.17, 15) is 4.79 Å². The van der Waals surface area contributed by atoms with E-state index in [1.165, 1.54) is 0 Å². The Morgan fingerprint density at radius 3 is 2.79 bits per heavy atom. The summed E-state index contributed by atoms with van der Waals surface area (Å²) in [5, 5.41) is 0. The average Bonchev–Trinajstić information content (AvgIpc) is 2.84. The van der Waals surface area contributed by atoms with Gasteiger partial charge in [-0.25, -0.2) is 9.78 Å². The Morgan fingerprint density at radius 2 is 2.08 bits per heavy atom. The average molecular weight is 330 g/mol. The summed E-state index contributed by atoms with van der Waals surface area (Å²) in [5.74, 6) is 1.13. The van der Waals surface area contributed by atoms with Crippen molar-refractivity contribution < 1.29 is 13.9 Å². The minimum absolute atomic E-state index is 0.0254. The highest BCUT2D eigenvalue weighted by Gasteiger charge is 2.34. The lowest BCUT2D eigenvalue weighted by atomic mass is 9.90. The van der Waals surface area contributed by atoms with Crippen LogP contribution < -0.4 is 0 Å². The monoisotopic (exact) mass is 330 g/mol. The number of ether oxygens (including phenoxy) is 1. The Hall–Kier alpha value is -2.04. The largest absolute Gasteiger partial charge is 0.444 e. The van der Waals surface area contributed by atoms with Crippen molar-refractivity contribution in [2.24, 2.45) is 5.92 Å². The molecular formula is C19H26N2O3. The van der Waals surface area contributed by atoms with Crippen molar-refractivity contribution in [2.45, 2.75) is 59.1 Å². The third-order valence-electron chi connectivity index (χ3n) is 4.35. The van der Waals surface area contributed by atoms with Crippen LogP contribution in [-0.2, 0) is 4.74 Å². The molecule has 130 valence electrons. The maximum atomic E-state index is 12.7. The van der Waals surface area contributed by atoms with Crippen molar-refractivity contribution in [3.63, 3.8) is 0 Å². The Balaban J connectivity index is 1.90. The fraction of sp³-hybridized carbons (Fsp3) is 0.579. The first-order valence-corrected chi connectivity index (χ1v) is 8.59. The fourth-order valence-corrected chi connectivity index (χ4v) is 3.29. The second-order valence-electron chi connectivity index (χ2n) is 7.79. The molecule has 0 saturated carbocycles. The molecule has 2 heterocycles. The van der Waals surface area contributed by atoms with Crippen LogP contribution in [0.3, 0.4) is 0 Å². The minimum atomic E-state index is -0.491. The van der Waals surface area contributed by atoms with E-state index in [1.54, 1.807) is 0 Å². The van der Waals surface area contributed by atoms with E-state index in [4.69, 9.17) is 9.15 Å². The molecule has 1 unspecified atom stereocenters. The number of aromatic nitrogens is 1. The van der Waals surface area contributed by atoms with Gasteiger partial charge in [0.2, 0.25) is 0 Å². The molecule has 0 bridgehead atoms. The molecule has 2 aromatic rings. The molecule has 3 rings (SSSR count). The number of rotatable bonds is 1. The van der Waals surface area contributed by atoms with E-state index in [2.05, 4.69) is 11.9 Å². The van der Waals surface area contributed by atoms with E-state index in [0.717, 1.165) is 36.0 Å². The van der Waals surface area contributed by atoms with Gasteiger partial charge in [0.15, 0.2) is 11.5 Å². The highest BCUT2D eigenvalue weighted by molar-refractivity contribution is 5.74. The molecule has 1 aromatic carbocycles. The third-order valence-corrected chi connectivity index (χ3v) is 4.35. The summed E-state index contributed by atoms with van der Waals surface area (Å²) < 4.78 is 11.2. The number of nitrogens with zero attached hydrogens (tertiary/aromatic N) is 2. The summed E-state index contributed by atoms with van der Waals surface area (Å²) in [7, 11) is 0. The van der Waals surface area contributed by atoms with Crippen LogP contribution in [0.5, 0.6) is 0 Å². The number of oxazole rings is 1. The van der Waals surface area contributed by atoms with Gasteiger partial charge in [0.25, 0.3) is 0 Å². The van der Waals surface area contributed by atoms with Crippen LogP contribution in [0.1, 0.15) is 58.0 Å². The lowest BCUT2D eigenvalue weighted by Crippen LogP contribution is -2.44. The van der Waals surface area contributed by atoms with E-state index in [-0.39, 0.29) is 12.1 Å². The predicted molar refractivity (Wildman–Crippen MR) is 92.8 cm³/mol. The maximum absolute atomic E-state index is 12.7. The normalized spacial score (nSPS) is 22.0. The number of carbonyl (C=O) groups is 1. The molecule has 0 N–H and O–H groups in total. The fourth-order valence-electron chi connectivity index (χ4n) is 3.29. The van der Waals surface area contributed by atoms with E-state index >= 15 is 0 Å². The van der Waals surface area contributed by atoms with Crippen LogP contribution in [-0.4, -0.2) is 28.1 Å². The number of aryl methyl sites for hydroxylation is 1. The zero-order valence-corrected chi connectivity index (χ0v) is 15.1. The van der Waals surface area contributed by atoms with Crippen LogP contribution in [0.2, 0.25) is 0 Å². The Morgan fingerprint density at radius 1 is 1.33 bits per heavy atom. The number of benzene rings is 1. The van der Waals surface area contributed by atoms with Crippen LogP contribution >= 0.6 is 0 Å². The van der Waals surface area contributed by atoms with Gasteiger partial charge >= 0.3 is 6.09 Å². The Bertz CT molecular complexity index is 745. The first kappa shape index (κ1) is 16.8. The van der Waals surface area contributed by atoms with Crippen molar-refractivity contribution in [1.82, 2.24) is 9.88 Å². The zero-order valence-electron chi connectivity index (χ0n) is 15.1. The number of amides is 1. The van der Waals surface area contributed by atoms with Gasteiger partial charge in [0.05, 0.1) is 6.04 Å². The number of fused-ring (bicyclic) bond motifs is 1. The number of hydrogen-bond acceptors (Lipinski definition) is 4. The summed E-state index contributed by atoms with van der Waals surface area (Å²) in [5.41, 5.74) is 2.22. The number of carbonyl (C=O) groups excluding carboxylic acids is 1. The first-order valence-electron chi connectivity index (χ1n) is 8.59. The first-order chi connectivity index (χ1) is 11.2. The van der Waals surface area contributed by atoms with Gasteiger partial charge < -0.3 is 14.1 Å². The maximum Gasteiger partial charge on any atom is 0.410 e. The van der Waals surface area contributed by atoms with Crippen LogP contribution in [0, 0.1) is 12.8 Å². The number of piperidine rings is 1. The van der Waals surface area contributed by atoms with Crippen molar-refractivity contribution in [2.75, 3.05) is 6.54 Å². The van der Waals surface area contributed by atoms with Crippen molar-refractivity contribution in [1.29, 1.82) is 0 Å². The molecule has 24 heavy (non-hydrogen) atoms. The van der Waals surface area contributed by atoms with Gasteiger partial charge in [-0.15, -0.1) is 0 Å². The second kappa shape index (κ2) is 6.11. The molecular weight excluding hydrogens is 304 g/mol. The number of likely N-dealkylation sites (tertiary alicyclic amines) is 1. The van der Waals surface area contributed by atoms with E-state index in [0.29, 0.717) is 11.8 Å². The summed E-state index contributed by atoms with van der Waals surface area (Å²) in [6.07, 6.45) is 1.79. The molecule has 1 aliphatic heterocycles. The summed E-state index contributed by atoms with van der Waals surface area (Å²) in [6.45, 7) is 10.4. The van der Waals surface area contributed by atoms with Crippen molar-refractivity contribution in [3.8, 4) is 0 Å². The Labute approximate surface area is 143 Å². The molecule has 1 amide bonds. The number of hydrogen-bond donors (Lipinski definition) is 0. The second-order valence-corrected chi connectivity index (χ2v) is 7.79. The quantitative estimate of drug-likeness (QED) is 0.750. The smallest absolute Gasteiger partial charge is 0.410 e. The van der Waals surface area contributed by atoms with Crippen molar-refractivity contribution in [3.05, 3.63) is 29.7 Å². The topological polar surface area (TPSA) is 55.6 Å². The molecule has 5 heteroatoms. The highest BCUT2D eigenvalue weighted by Crippen LogP contribution is 2.35. The van der Waals surface area contributed by atoms with Gasteiger partial charge in [-0.1, -0.05) is 13.0 Å². The zero-order chi connectivity index (χ0) is 17.5. The highest BCUT2D eigenvalue weighted by atomic mass is 16.6. The molecule has 1 aliphatic rings. The molecule has 0 aliphatic carbocycles. The van der Waals surface area contributed by atoms with Crippen LogP contribution in [0.25, 0.3) is 11.1 Å². The lowest BCUT2D eigenvalue weighted by Gasteiger charge is -2.39. The van der Waals surface area contributed by atoms with Gasteiger partial charge in [-0.2, -0.15) is 0 Å². The lowest BCUT2D eigenvalue weighted by molar-refractivity contribution is 0.00365. The third kappa shape index (κ3) is 3.55. The predicted octanol–water partition coefficient (Wildman–Crippen LogP) is 4.84. The molecule has 1 saturated heterocycles. The summed E-state index contributed by atoms with van der Waals surface area (Å²) >= 11 is 0. The van der Waals surface area contributed by atoms with Crippen molar-refractivity contribution >= 4 is 17.2 Å². The molecule has 2 atom stereocenters. The van der Waals surface area contributed by atoms with Crippen LogP contribution in [0.15, 0.2) is 22.6 Å². The standard InChI is InChI=1S/C19H26N2O3/c1-12-6-8-16(21(11-12)18(22)24-19(3,4)5)14-7-9-17-15(10-14)20-13(2)23-17/h7,9-10,12,16H,6,8,11H2,1-5H3/t12-,16?/m0/s1. The summed E-state index contributed by atoms with van der Waals surface area (Å²) in [6, 6.07) is 6.03. The SMILES string of the molecule is Cc1nc2cc(C3CC[C@H](C)CN3C(=O)OC(C)(C)C)ccc2o1. The molecule has 1 aromatic heterocycles. The molecule has 0 spiro atoms. The van der Waals surface area contributed by atoms with Gasteiger partial charge in [-0.05, 0) is 57.2 Å². The summed E-state index contributed by atoms with van der Waals surface area (Å²) in [4.78, 5) is 19.0. The van der Waals surface area contributed by atoms with Gasteiger partial charge in [0, 0.05) is 13.5 Å². The van der Waals surface area contributed by atoms with E-state index < -0.39 is 5.60 Å². The molecule has 5 nitrogen and oxygen atoms in total. The van der Waals surface area contributed by atoms with Gasteiger partial charge in [-0.3, -0.25) is 0 Å². The van der Waals surface area contributed by atoms with E-state index in [1.807, 2.05) is 50.8 Å². The Kier molecular flexibility index (Phi) is 4.28. The van der Waals surface area contributed by atoms with Crippen LogP contribution in [0.4, 0.5) is 4.79 Å². The minimum Gasteiger partial charge on any atom is -0.444 e. The molecule has 1 fully saturated rings.